The summed E-state index contributed by atoms with van der Waals surface area (Å²) < 4.78 is 0. The largest absolute Gasteiger partial charge is 0.508 e. The van der Waals surface area contributed by atoms with Gasteiger partial charge in [0.2, 0.25) is 0 Å². The molecule has 0 heterocycles. The fraction of sp³-hybridized carbons (Fsp3) is 0.609. The van der Waals surface area contributed by atoms with Crippen molar-refractivity contribution in [3.63, 3.8) is 0 Å². The van der Waals surface area contributed by atoms with Gasteiger partial charge in [0, 0.05) is 11.5 Å². The highest BCUT2D eigenvalue weighted by molar-refractivity contribution is 6.00. The van der Waals surface area contributed by atoms with E-state index in [2.05, 4.69) is 24.8 Å². The van der Waals surface area contributed by atoms with Crippen molar-refractivity contribution in [2.45, 2.75) is 59.0 Å². The van der Waals surface area contributed by atoms with E-state index in [0.29, 0.717) is 12.3 Å². The van der Waals surface area contributed by atoms with Crippen LogP contribution in [0.2, 0.25) is 0 Å². The minimum absolute atomic E-state index is 0.0140. The Morgan fingerprint density at radius 1 is 1.15 bits per heavy atom. The summed E-state index contributed by atoms with van der Waals surface area (Å²) in [5.74, 6) is 6.93. The average molecular weight is 352 g/mol. The molecule has 0 aromatic carbocycles. The van der Waals surface area contributed by atoms with E-state index in [1.165, 1.54) is 6.08 Å². The Bertz CT molecular complexity index is 835. The first-order valence-electron chi connectivity index (χ1n) is 9.70. The lowest BCUT2D eigenvalue weighted by Gasteiger charge is -2.56. The Kier molecular flexibility index (Phi) is 3.63. The summed E-state index contributed by atoms with van der Waals surface area (Å²) in [6, 6.07) is 0. The molecule has 26 heavy (non-hydrogen) atoms. The van der Waals surface area contributed by atoms with Crippen LogP contribution in [-0.4, -0.2) is 21.6 Å². The van der Waals surface area contributed by atoms with Gasteiger partial charge in [0.15, 0.2) is 5.78 Å². The van der Waals surface area contributed by atoms with E-state index in [1.807, 2.05) is 13.8 Å². The first-order valence-corrected chi connectivity index (χ1v) is 9.70. The average Bonchev–Trinajstić information content (AvgIpc) is 2.82. The van der Waals surface area contributed by atoms with Gasteiger partial charge in [0.1, 0.15) is 11.4 Å². The number of hydrogen-bond donors (Lipinski definition) is 2. The summed E-state index contributed by atoms with van der Waals surface area (Å²) in [6.45, 7) is 8.08. The highest BCUT2D eigenvalue weighted by Crippen LogP contribution is 2.66. The van der Waals surface area contributed by atoms with Crippen LogP contribution in [0.3, 0.4) is 0 Å². The van der Waals surface area contributed by atoms with Gasteiger partial charge < -0.3 is 10.2 Å². The molecule has 3 nitrogen and oxygen atoms in total. The zero-order valence-corrected chi connectivity index (χ0v) is 16.1. The molecule has 6 atom stereocenters. The van der Waals surface area contributed by atoms with Gasteiger partial charge in [-0.15, -0.1) is 5.92 Å². The number of fused-ring (bicyclic) bond motifs is 5. The van der Waals surface area contributed by atoms with Gasteiger partial charge in [-0.3, -0.25) is 4.79 Å². The molecule has 0 saturated heterocycles. The molecule has 0 bridgehead atoms. The van der Waals surface area contributed by atoms with E-state index in [4.69, 9.17) is 0 Å². The highest BCUT2D eigenvalue weighted by Gasteiger charge is 2.64. The molecular formula is C23H28O3. The lowest BCUT2D eigenvalue weighted by atomic mass is 9.47. The van der Waals surface area contributed by atoms with Crippen LogP contribution < -0.4 is 0 Å². The van der Waals surface area contributed by atoms with Crippen molar-refractivity contribution in [2.75, 3.05) is 0 Å². The standard InChI is InChI=1S/C23H28O3/c1-5-8-23(26)10-7-17-16-11-14(2)19-12-15(24)13-20(25)22(19,4)18(16)6-9-21(17,23)3/h11-13,16-18,24,26H,6-7,9-10H2,1-4H3/t16-,17-,18-,21-,22+,23?/m0/s1. The number of aliphatic hydroxyl groups excluding tert-OH is 1. The minimum atomic E-state index is -0.926. The topological polar surface area (TPSA) is 57.5 Å². The normalized spacial score (nSPS) is 46.7. The number of hydrogen-bond acceptors (Lipinski definition) is 3. The molecule has 0 spiro atoms. The number of rotatable bonds is 0. The van der Waals surface area contributed by atoms with E-state index in [0.717, 1.165) is 30.4 Å². The molecule has 4 rings (SSSR count). The summed E-state index contributed by atoms with van der Waals surface area (Å²) in [5.41, 5.74) is 0.317. The molecule has 0 amide bonds. The first-order chi connectivity index (χ1) is 12.2. The van der Waals surface area contributed by atoms with Gasteiger partial charge in [0.25, 0.3) is 0 Å². The SMILES string of the molecule is CC#CC1(O)CC[C@H]2[C@@H]3C=C(C)C4=CC(O)=CC(=O)[C@]4(C)[C@H]3CC[C@@]21C. The van der Waals surface area contributed by atoms with Crippen molar-refractivity contribution < 1.29 is 15.0 Å². The van der Waals surface area contributed by atoms with E-state index in [1.54, 1.807) is 13.0 Å². The molecule has 3 heteroatoms. The third-order valence-corrected chi connectivity index (χ3v) is 8.07. The van der Waals surface area contributed by atoms with E-state index >= 15 is 0 Å². The molecule has 0 aliphatic heterocycles. The summed E-state index contributed by atoms with van der Waals surface area (Å²) in [6.07, 6.45) is 8.88. The molecular weight excluding hydrogens is 324 g/mol. The van der Waals surface area contributed by atoms with Gasteiger partial charge >= 0.3 is 0 Å². The quantitative estimate of drug-likeness (QED) is 0.645. The summed E-state index contributed by atoms with van der Waals surface area (Å²) >= 11 is 0. The Hall–Kier alpha value is -1.79. The van der Waals surface area contributed by atoms with Crippen LogP contribution in [0.1, 0.15) is 53.4 Å². The molecule has 0 radical (unpaired) electrons. The maximum atomic E-state index is 13.0. The minimum Gasteiger partial charge on any atom is -0.508 e. The van der Waals surface area contributed by atoms with Gasteiger partial charge in [-0.1, -0.05) is 24.5 Å². The Labute approximate surface area is 155 Å². The second-order valence-corrected chi connectivity index (χ2v) is 9.06. The number of carbonyl (C=O) groups excluding carboxylic acids is 1. The lowest BCUT2D eigenvalue weighted by Crippen LogP contribution is -2.55. The zero-order chi connectivity index (χ0) is 18.9. The van der Waals surface area contributed by atoms with Gasteiger partial charge in [-0.2, -0.15) is 0 Å². The van der Waals surface area contributed by atoms with Crippen molar-refractivity contribution in [1.82, 2.24) is 0 Å². The maximum absolute atomic E-state index is 13.0. The van der Waals surface area contributed by atoms with Crippen LogP contribution in [0.25, 0.3) is 0 Å². The Morgan fingerprint density at radius 3 is 2.54 bits per heavy atom. The van der Waals surface area contributed by atoms with Crippen LogP contribution in [-0.2, 0) is 4.79 Å². The van der Waals surface area contributed by atoms with E-state index in [9.17, 15) is 15.0 Å². The van der Waals surface area contributed by atoms with Crippen LogP contribution in [0, 0.1) is 40.4 Å². The fourth-order valence-electron chi connectivity index (χ4n) is 6.57. The number of allylic oxidation sites excluding steroid dienone is 5. The van der Waals surface area contributed by atoms with Crippen molar-refractivity contribution in [1.29, 1.82) is 0 Å². The van der Waals surface area contributed by atoms with Crippen LogP contribution >= 0.6 is 0 Å². The van der Waals surface area contributed by atoms with Gasteiger partial charge in [-0.25, -0.2) is 0 Å². The molecule has 0 aromatic heterocycles. The molecule has 2 saturated carbocycles. The second kappa shape index (κ2) is 5.36. The Balaban J connectivity index is 1.82. The summed E-state index contributed by atoms with van der Waals surface area (Å²) in [4.78, 5) is 13.0. The zero-order valence-electron chi connectivity index (χ0n) is 16.1. The smallest absolute Gasteiger partial charge is 0.169 e. The summed E-state index contributed by atoms with van der Waals surface area (Å²) in [7, 11) is 0. The molecule has 2 N–H and O–H groups in total. The predicted octanol–water partition coefficient (Wildman–Crippen LogP) is 4.10. The number of carbonyl (C=O) groups is 1. The van der Waals surface area contributed by atoms with Crippen molar-refractivity contribution in [3.05, 3.63) is 35.1 Å². The van der Waals surface area contributed by atoms with Crippen LogP contribution in [0.15, 0.2) is 35.1 Å². The number of aliphatic hydroxyl groups is 2. The van der Waals surface area contributed by atoms with E-state index in [-0.39, 0.29) is 28.8 Å². The number of ketones is 1. The molecule has 4 aliphatic rings. The molecule has 0 aromatic rings. The second-order valence-electron chi connectivity index (χ2n) is 9.06. The third-order valence-electron chi connectivity index (χ3n) is 8.07. The van der Waals surface area contributed by atoms with Crippen molar-refractivity contribution in [2.24, 2.45) is 28.6 Å². The molecule has 2 fully saturated rings. The molecule has 4 aliphatic carbocycles. The summed E-state index contributed by atoms with van der Waals surface area (Å²) in [5, 5.41) is 21.2. The van der Waals surface area contributed by atoms with Crippen molar-refractivity contribution in [3.8, 4) is 11.8 Å². The van der Waals surface area contributed by atoms with Crippen molar-refractivity contribution >= 4 is 5.78 Å². The highest BCUT2D eigenvalue weighted by atomic mass is 16.3. The predicted molar refractivity (Wildman–Crippen MR) is 101 cm³/mol. The van der Waals surface area contributed by atoms with Crippen LogP contribution in [0.4, 0.5) is 0 Å². The van der Waals surface area contributed by atoms with Crippen LogP contribution in [0.5, 0.6) is 0 Å². The first kappa shape index (κ1) is 17.6. The molecule has 138 valence electrons. The molecule has 1 unspecified atom stereocenters. The van der Waals surface area contributed by atoms with Gasteiger partial charge in [0.05, 0.1) is 5.41 Å². The third kappa shape index (κ3) is 1.97. The Morgan fingerprint density at radius 2 is 1.85 bits per heavy atom. The lowest BCUT2D eigenvalue weighted by molar-refractivity contribution is -0.130. The van der Waals surface area contributed by atoms with Gasteiger partial charge in [-0.05, 0) is 75.9 Å². The maximum Gasteiger partial charge on any atom is 0.169 e. The van der Waals surface area contributed by atoms with E-state index < -0.39 is 11.0 Å². The fourth-order valence-corrected chi connectivity index (χ4v) is 6.57. The monoisotopic (exact) mass is 352 g/mol.